The topological polar surface area (TPSA) is 72.6 Å². The van der Waals surface area contributed by atoms with Crippen molar-refractivity contribution in [2.24, 2.45) is 0 Å². The van der Waals surface area contributed by atoms with E-state index >= 15 is 0 Å². The number of nitrogens with zero attached hydrogens (tertiary/aromatic N) is 1. The molecule has 0 bridgehead atoms. The third-order valence-corrected chi connectivity index (χ3v) is 2.46. The zero-order chi connectivity index (χ0) is 11.7. The molecule has 0 saturated carbocycles. The number of hydrogen-bond donors (Lipinski definition) is 1. The summed E-state index contributed by atoms with van der Waals surface area (Å²) in [5.74, 6) is -0.729. The summed E-state index contributed by atoms with van der Waals surface area (Å²) in [6, 6.07) is 4.86. The fourth-order valence-electron chi connectivity index (χ4n) is 1.66. The van der Waals surface area contributed by atoms with Gasteiger partial charge in [0.15, 0.2) is 0 Å². The molecule has 84 valence electrons. The van der Waals surface area contributed by atoms with Gasteiger partial charge in [0.25, 0.3) is 11.8 Å². The Morgan fingerprint density at radius 2 is 2.06 bits per heavy atom. The summed E-state index contributed by atoms with van der Waals surface area (Å²) in [7, 11) is 0. The van der Waals surface area contributed by atoms with Gasteiger partial charge in [-0.25, -0.2) is 4.90 Å². The van der Waals surface area contributed by atoms with E-state index in [9.17, 15) is 9.59 Å². The molecule has 2 amide bonds. The second-order valence-electron chi connectivity index (χ2n) is 3.43. The third-order valence-electron chi connectivity index (χ3n) is 2.46. The number of ether oxygens (including phenoxy) is 1. The lowest BCUT2D eigenvalue weighted by atomic mass is 10.1. The van der Waals surface area contributed by atoms with Crippen molar-refractivity contribution in [2.75, 3.05) is 19.1 Å². The number of rotatable bonds is 3. The van der Waals surface area contributed by atoms with E-state index in [1.54, 1.807) is 25.1 Å². The van der Waals surface area contributed by atoms with Crippen LogP contribution in [-0.4, -0.2) is 30.1 Å². The van der Waals surface area contributed by atoms with Gasteiger partial charge in [0, 0.05) is 12.3 Å². The highest BCUT2D eigenvalue weighted by Crippen LogP contribution is 2.27. The monoisotopic (exact) mass is 220 g/mol. The lowest BCUT2D eigenvalue weighted by Crippen LogP contribution is -2.32. The second kappa shape index (κ2) is 3.94. The van der Waals surface area contributed by atoms with Crippen molar-refractivity contribution >= 4 is 17.5 Å². The molecule has 1 aromatic rings. The Bertz CT molecular complexity index is 457. The van der Waals surface area contributed by atoms with Crippen LogP contribution in [0.2, 0.25) is 0 Å². The Labute approximate surface area is 92.8 Å². The Kier molecular flexibility index (Phi) is 2.62. The molecule has 5 heteroatoms. The van der Waals surface area contributed by atoms with Gasteiger partial charge in [0.1, 0.15) is 6.73 Å². The van der Waals surface area contributed by atoms with E-state index in [4.69, 9.17) is 10.5 Å². The molecule has 1 heterocycles. The molecule has 2 rings (SSSR count). The average molecular weight is 220 g/mol. The highest BCUT2D eigenvalue weighted by atomic mass is 16.5. The van der Waals surface area contributed by atoms with E-state index in [-0.39, 0.29) is 24.1 Å². The number of nitrogens with two attached hydrogens (primary N) is 1. The number of imide groups is 1. The zero-order valence-corrected chi connectivity index (χ0v) is 8.90. The molecular weight excluding hydrogens is 208 g/mol. The fourth-order valence-corrected chi connectivity index (χ4v) is 1.66. The summed E-state index contributed by atoms with van der Waals surface area (Å²) in [6.45, 7) is 2.22. The predicted octanol–water partition coefficient (Wildman–Crippen LogP) is 0.859. The normalized spacial score (nSPS) is 14.4. The van der Waals surface area contributed by atoms with E-state index < -0.39 is 0 Å². The minimum atomic E-state index is -0.383. The van der Waals surface area contributed by atoms with Gasteiger partial charge in [0.2, 0.25) is 0 Å². The molecule has 1 aliphatic heterocycles. The first-order valence-corrected chi connectivity index (χ1v) is 4.99. The standard InChI is InChI=1S/C11H12N2O3/c1-2-16-6-13-10(14)7-4-3-5-8(12)9(7)11(13)15/h3-5H,2,6,12H2,1H3. The summed E-state index contributed by atoms with van der Waals surface area (Å²) in [6.07, 6.45) is 0. The molecule has 0 saturated heterocycles. The van der Waals surface area contributed by atoms with Crippen LogP contribution in [0.5, 0.6) is 0 Å². The molecule has 0 spiro atoms. The number of anilines is 1. The zero-order valence-electron chi connectivity index (χ0n) is 8.90. The number of carbonyl (C=O) groups is 2. The predicted molar refractivity (Wildman–Crippen MR) is 57.8 cm³/mol. The van der Waals surface area contributed by atoms with E-state index in [1.807, 2.05) is 0 Å². The smallest absolute Gasteiger partial charge is 0.265 e. The largest absolute Gasteiger partial charge is 0.398 e. The van der Waals surface area contributed by atoms with Crippen LogP contribution in [0.25, 0.3) is 0 Å². The number of carbonyl (C=O) groups excluding carboxylic acids is 2. The van der Waals surface area contributed by atoms with Crippen LogP contribution in [0, 0.1) is 0 Å². The molecule has 0 fully saturated rings. The number of benzene rings is 1. The summed E-state index contributed by atoms with van der Waals surface area (Å²) < 4.78 is 5.07. The highest BCUT2D eigenvalue weighted by Gasteiger charge is 2.36. The van der Waals surface area contributed by atoms with Gasteiger partial charge in [-0.1, -0.05) is 6.07 Å². The fraction of sp³-hybridized carbons (Fsp3) is 0.273. The Hall–Kier alpha value is -1.88. The molecule has 0 atom stereocenters. The number of hydrogen-bond acceptors (Lipinski definition) is 4. The Morgan fingerprint density at radius 3 is 2.69 bits per heavy atom. The molecule has 1 aromatic carbocycles. The van der Waals surface area contributed by atoms with Crippen LogP contribution in [0.15, 0.2) is 18.2 Å². The molecule has 16 heavy (non-hydrogen) atoms. The maximum absolute atomic E-state index is 11.9. The van der Waals surface area contributed by atoms with Crippen molar-refractivity contribution < 1.29 is 14.3 Å². The van der Waals surface area contributed by atoms with Crippen molar-refractivity contribution in [3.05, 3.63) is 29.3 Å². The van der Waals surface area contributed by atoms with Gasteiger partial charge >= 0.3 is 0 Å². The summed E-state index contributed by atoms with van der Waals surface area (Å²) in [5.41, 5.74) is 6.64. The Balaban J connectivity index is 2.37. The van der Waals surface area contributed by atoms with Crippen LogP contribution in [0.3, 0.4) is 0 Å². The van der Waals surface area contributed by atoms with Crippen molar-refractivity contribution in [1.29, 1.82) is 0 Å². The van der Waals surface area contributed by atoms with Crippen LogP contribution < -0.4 is 5.73 Å². The first kappa shape index (κ1) is 10.6. The summed E-state index contributed by atoms with van der Waals surface area (Å²) in [4.78, 5) is 24.8. The van der Waals surface area contributed by atoms with Gasteiger partial charge in [-0.2, -0.15) is 0 Å². The van der Waals surface area contributed by atoms with Crippen molar-refractivity contribution in [3.8, 4) is 0 Å². The lowest BCUT2D eigenvalue weighted by molar-refractivity contribution is 0.0290. The average Bonchev–Trinajstić information content (AvgIpc) is 2.51. The minimum absolute atomic E-state index is 0.0255. The molecule has 0 radical (unpaired) electrons. The van der Waals surface area contributed by atoms with Crippen molar-refractivity contribution in [2.45, 2.75) is 6.92 Å². The maximum Gasteiger partial charge on any atom is 0.265 e. The van der Waals surface area contributed by atoms with E-state index in [0.29, 0.717) is 17.9 Å². The quantitative estimate of drug-likeness (QED) is 0.605. The number of fused-ring (bicyclic) bond motifs is 1. The van der Waals surface area contributed by atoms with E-state index in [0.717, 1.165) is 4.90 Å². The van der Waals surface area contributed by atoms with E-state index in [1.165, 1.54) is 0 Å². The highest BCUT2D eigenvalue weighted by molar-refractivity contribution is 6.23. The van der Waals surface area contributed by atoms with Crippen LogP contribution in [-0.2, 0) is 4.74 Å². The number of amides is 2. The summed E-state index contributed by atoms with van der Waals surface area (Å²) >= 11 is 0. The molecule has 5 nitrogen and oxygen atoms in total. The molecule has 0 aliphatic carbocycles. The molecule has 1 aliphatic rings. The van der Waals surface area contributed by atoms with Gasteiger partial charge in [0.05, 0.1) is 11.1 Å². The lowest BCUT2D eigenvalue weighted by Gasteiger charge is -2.12. The third kappa shape index (κ3) is 1.45. The van der Waals surface area contributed by atoms with Gasteiger partial charge in [-0.05, 0) is 19.1 Å². The molecule has 0 aromatic heterocycles. The van der Waals surface area contributed by atoms with Gasteiger partial charge in [-0.15, -0.1) is 0 Å². The van der Waals surface area contributed by atoms with Crippen molar-refractivity contribution in [1.82, 2.24) is 4.90 Å². The van der Waals surface area contributed by atoms with Gasteiger partial charge in [-0.3, -0.25) is 9.59 Å². The SMILES string of the molecule is CCOCN1C(=O)c2cccc(N)c2C1=O. The van der Waals surface area contributed by atoms with Crippen molar-refractivity contribution in [3.63, 3.8) is 0 Å². The first-order valence-electron chi connectivity index (χ1n) is 4.99. The first-order chi connectivity index (χ1) is 7.66. The van der Waals surface area contributed by atoms with Crippen LogP contribution >= 0.6 is 0 Å². The molecular formula is C11H12N2O3. The second-order valence-corrected chi connectivity index (χ2v) is 3.43. The van der Waals surface area contributed by atoms with Gasteiger partial charge < -0.3 is 10.5 Å². The summed E-state index contributed by atoms with van der Waals surface area (Å²) in [5, 5.41) is 0. The Morgan fingerprint density at radius 1 is 1.31 bits per heavy atom. The van der Waals surface area contributed by atoms with E-state index in [2.05, 4.69) is 0 Å². The molecule has 0 unspecified atom stereocenters. The van der Waals surface area contributed by atoms with Crippen LogP contribution in [0.4, 0.5) is 5.69 Å². The van der Waals surface area contributed by atoms with Crippen LogP contribution in [0.1, 0.15) is 27.6 Å². The molecule has 2 N–H and O–H groups in total. The minimum Gasteiger partial charge on any atom is -0.398 e. The number of nitrogen functional groups attached to an aromatic ring is 1. The maximum atomic E-state index is 11.9.